The molecule has 2 N–H and O–H groups in total. The van der Waals surface area contributed by atoms with Crippen LogP contribution in [0, 0.1) is 0 Å². The Morgan fingerprint density at radius 1 is 1.53 bits per heavy atom. The van der Waals surface area contributed by atoms with Gasteiger partial charge in [-0.1, -0.05) is 12.5 Å². The van der Waals surface area contributed by atoms with E-state index in [4.69, 9.17) is 0 Å². The third kappa shape index (κ3) is 3.27. The lowest BCUT2D eigenvalue weighted by atomic mass is 10.0. The van der Waals surface area contributed by atoms with Crippen LogP contribution in [-0.2, 0) is 4.79 Å². The molecule has 92 valence electrons. The van der Waals surface area contributed by atoms with Gasteiger partial charge in [0.15, 0.2) is 0 Å². The fourth-order valence-electron chi connectivity index (χ4n) is 2.10. The SMILES string of the molecule is C[C@H](NC(=O)C1CCCCN1)c1ccccn1. The summed E-state index contributed by atoms with van der Waals surface area (Å²) in [6.45, 7) is 2.90. The van der Waals surface area contributed by atoms with Crippen LogP contribution in [-0.4, -0.2) is 23.5 Å². The average molecular weight is 233 g/mol. The van der Waals surface area contributed by atoms with Gasteiger partial charge in [-0.15, -0.1) is 0 Å². The number of hydrogen-bond donors (Lipinski definition) is 2. The zero-order chi connectivity index (χ0) is 12.1. The summed E-state index contributed by atoms with van der Waals surface area (Å²) in [5.41, 5.74) is 0.900. The first kappa shape index (κ1) is 12.0. The Morgan fingerprint density at radius 2 is 2.41 bits per heavy atom. The Balaban J connectivity index is 1.89. The van der Waals surface area contributed by atoms with Gasteiger partial charge in [0, 0.05) is 6.20 Å². The summed E-state index contributed by atoms with van der Waals surface area (Å²) in [4.78, 5) is 16.2. The van der Waals surface area contributed by atoms with Crippen molar-refractivity contribution in [1.29, 1.82) is 0 Å². The van der Waals surface area contributed by atoms with E-state index in [1.165, 1.54) is 6.42 Å². The highest BCUT2D eigenvalue weighted by Gasteiger charge is 2.22. The quantitative estimate of drug-likeness (QED) is 0.829. The number of rotatable bonds is 3. The summed E-state index contributed by atoms with van der Waals surface area (Å²) in [5, 5.41) is 6.25. The molecular formula is C13H19N3O. The minimum atomic E-state index is -0.0348. The third-order valence-electron chi connectivity index (χ3n) is 3.12. The Labute approximate surface area is 102 Å². The molecule has 0 aliphatic carbocycles. The van der Waals surface area contributed by atoms with Crippen LogP contribution < -0.4 is 10.6 Å². The van der Waals surface area contributed by atoms with Gasteiger partial charge >= 0.3 is 0 Å². The topological polar surface area (TPSA) is 54.0 Å². The number of piperidine rings is 1. The predicted molar refractivity (Wildman–Crippen MR) is 66.4 cm³/mol. The smallest absolute Gasteiger partial charge is 0.237 e. The van der Waals surface area contributed by atoms with Crippen LogP contribution in [0.25, 0.3) is 0 Å². The number of nitrogens with zero attached hydrogens (tertiary/aromatic N) is 1. The Kier molecular flexibility index (Phi) is 4.09. The summed E-state index contributed by atoms with van der Waals surface area (Å²) in [5.74, 6) is 0.0860. The van der Waals surface area contributed by atoms with Gasteiger partial charge in [0.2, 0.25) is 5.91 Å². The summed E-state index contributed by atoms with van der Waals surface area (Å²) < 4.78 is 0. The minimum Gasteiger partial charge on any atom is -0.347 e. The molecule has 0 radical (unpaired) electrons. The molecule has 1 unspecified atom stereocenters. The number of amides is 1. The van der Waals surface area contributed by atoms with Crippen LogP contribution in [0.1, 0.15) is 37.9 Å². The molecule has 0 saturated carbocycles. The molecule has 1 saturated heterocycles. The second-order valence-electron chi connectivity index (χ2n) is 4.49. The van der Waals surface area contributed by atoms with E-state index >= 15 is 0 Å². The largest absolute Gasteiger partial charge is 0.347 e. The first-order valence-electron chi connectivity index (χ1n) is 6.22. The molecule has 0 bridgehead atoms. The van der Waals surface area contributed by atoms with Crippen molar-refractivity contribution in [1.82, 2.24) is 15.6 Å². The van der Waals surface area contributed by atoms with Gasteiger partial charge in [-0.25, -0.2) is 0 Å². The lowest BCUT2D eigenvalue weighted by Gasteiger charge is -2.24. The van der Waals surface area contributed by atoms with E-state index in [2.05, 4.69) is 15.6 Å². The van der Waals surface area contributed by atoms with Crippen LogP contribution in [0.2, 0.25) is 0 Å². The second kappa shape index (κ2) is 5.77. The normalized spacial score (nSPS) is 21.8. The van der Waals surface area contributed by atoms with Crippen molar-refractivity contribution in [2.24, 2.45) is 0 Å². The van der Waals surface area contributed by atoms with Crippen molar-refractivity contribution in [2.45, 2.75) is 38.3 Å². The molecule has 2 atom stereocenters. The highest BCUT2D eigenvalue weighted by molar-refractivity contribution is 5.82. The molecule has 1 fully saturated rings. The molecule has 1 amide bonds. The van der Waals surface area contributed by atoms with E-state index in [1.54, 1.807) is 6.20 Å². The average Bonchev–Trinajstić information content (AvgIpc) is 2.40. The fourth-order valence-corrected chi connectivity index (χ4v) is 2.10. The van der Waals surface area contributed by atoms with Crippen LogP contribution in [0.3, 0.4) is 0 Å². The molecule has 1 aromatic heterocycles. The Hall–Kier alpha value is -1.42. The minimum absolute atomic E-state index is 0.0325. The van der Waals surface area contributed by atoms with Crippen LogP contribution >= 0.6 is 0 Å². The highest BCUT2D eigenvalue weighted by atomic mass is 16.2. The summed E-state index contributed by atoms with van der Waals surface area (Å²) >= 11 is 0. The van der Waals surface area contributed by atoms with Crippen molar-refractivity contribution in [2.75, 3.05) is 6.54 Å². The van der Waals surface area contributed by atoms with Gasteiger partial charge in [0.25, 0.3) is 0 Å². The molecule has 4 heteroatoms. The third-order valence-corrected chi connectivity index (χ3v) is 3.12. The summed E-state index contributed by atoms with van der Waals surface area (Å²) in [6.07, 6.45) is 4.97. The van der Waals surface area contributed by atoms with Gasteiger partial charge in [-0.05, 0) is 38.4 Å². The first-order chi connectivity index (χ1) is 8.27. The van der Waals surface area contributed by atoms with Gasteiger partial charge in [-0.2, -0.15) is 0 Å². The maximum Gasteiger partial charge on any atom is 0.237 e. The van der Waals surface area contributed by atoms with Crippen molar-refractivity contribution in [3.63, 3.8) is 0 Å². The van der Waals surface area contributed by atoms with E-state index in [0.29, 0.717) is 0 Å². The first-order valence-corrected chi connectivity index (χ1v) is 6.22. The number of hydrogen-bond acceptors (Lipinski definition) is 3. The monoisotopic (exact) mass is 233 g/mol. The molecule has 0 aromatic carbocycles. The fraction of sp³-hybridized carbons (Fsp3) is 0.538. The van der Waals surface area contributed by atoms with Crippen LogP contribution in [0.15, 0.2) is 24.4 Å². The maximum absolute atomic E-state index is 12.0. The molecule has 1 aliphatic rings. The summed E-state index contributed by atoms with van der Waals surface area (Å²) in [7, 11) is 0. The van der Waals surface area contributed by atoms with E-state index in [0.717, 1.165) is 25.1 Å². The zero-order valence-corrected chi connectivity index (χ0v) is 10.1. The van der Waals surface area contributed by atoms with Gasteiger partial charge in [-0.3, -0.25) is 9.78 Å². The van der Waals surface area contributed by atoms with E-state index in [9.17, 15) is 4.79 Å². The Bertz CT molecular complexity index is 360. The standard InChI is InChI=1S/C13H19N3O/c1-10(11-6-2-4-8-14-11)16-13(17)12-7-3-5-9-15-12/h2,4,6,8,10,12,15H,3,5,7,9H2,1H3,(H,16,17)/t10-,12?/m0/s1. The van der Waals surface area contributed by atoms with Gasteiger partial charge < -0.3 is 10.6 Å². The van der Waals surface area contributed by atoms with E-state index in [1.807, 2.05) is 25.1 Å². The lowest BCUT2D eigenvalue weighted by Crippen LogP contribution is -2.47. The van der Waals surface area contributed by atoms with Gasteiger partial charge in [0.1, 0.15) is 0 Å². The van der Waals surface area contributed by atoms with Crippen LogP contribution in [0.5, 0.6) is 0 Å². The second-order valence-corrected chi connectivity index (χ2v) is 4.49. The van der Waals surface area contributed by atoms with Crippen LogP contribution in [0.4, 0.5) is 0 Å². The molecular weight excluding hydrogens is 214 g/mol. The maximum atomic E-state index is 12.0. The number of nitrogens with one attached hydrogen (secondary N) is 2. The highest BCUT2D eigenvalue weighted by Crippen LogP contribution is 2.11. The van der Waals surface area contributed by atoms with E-state index < -0.39 is 0 Å². The molecule has 4 nitrogen and oxygen atoms in total. The molecule has 1 aromatic rings. The molecule has 2 rings (SSSR count). The van der Waals surface area contributed by atoms with Crippen molar-refractivity contribution in [3.05, 3.63) is 30.1 Å². The van der Waals surface area contributed by atoms with E-state index in [-0.39, 0.29) is 18.0 Å². The Morgan fingerprint density at radius 3 is 3.06 bits per heavy atom. The van der Waals surface area contributed by atoms with Crippen molar-refractivity contribution in [3.8, 4) is 0 Å². The van der Waals surface area contributed by atoms with Crippen molar-refractivity contribution < 1.29 is 4.79 Å². The molecule has 0 spiro atoms. The predicted octanol–water partition coefficient (Wildman–Crippen LogP) is 1.40. The number of aromatic nitrogens is 1. The van der Waals surface area contributed by atoms with Gasteiger partial charge in [0.05, 0.1) is 17.8 Å². The van der Waals surface area contributed by atoms with Crippen molar-refractivity contribution >= 4 is 5.91 Å². The number of carbonyl (C=O) groups excluding carboxylic acids is 1. The molecule has 2 heterocycles. The number of pyridine rings is 1. The number of carbonyl (C=O) groups is 1. The lowest BCUT2D eigenvalue weighted by molar-refractivity contribution is -0.124. The molecule has 1 aliphatic heterocycles. The summed E-state index contributed by atoms with van der Waals surface area (Å²) in [6, 6.07) is 5.67. The molecule has 17 heavy (non-hydrogen) atoms. The zero-order valence-electron chi connectivity index (χ0n) is 10.1.